The van der Waals surface area contributed by atoms with Crippen LogP contribution in [-0.4, -0.2) is 245 Å². The van der Waals surface area contributed by atoms with E-state index in [2.05, 4.69) is 5.32 Å². The summed E-state index contributed by atoms with van der Waals surface area (Å²) in [6, 6.07) is 4.33. The summed E-state index contributed by atoms with van der Waals surface area (Å²) < 4.78 is 50.4. The van der Waals surface area contributed by atoms with E-state index in [4.69, 9.17) is 42.6 Å². The second-order valence-electron chi connectivity index (χ2n) is 15.1. The second kappa shape index (κ2) is 21.3. The van der Waals surface area contributed by atoms with Crippen LogP contribution < -0.4 is 14.8 Å². The maximum Gasteiger partial charge on any atom is 0.364 e. The van der Waals surface area contributed by atoms with Gasteiger partial charge in [-0.25, -0.2) is 4.79 Å². The van der Waals surface area contributed by atoms with Gasteiger partial charge in [-0.2, -0.15) is 0 Å². The summed E-state index contributed by atoms with van der Waals surface area (Å²) in [6.07, 6.45) is -38.1. The SMILES string of the molecule is COc1ccc(O[C@@H]2O[C@H](CO)[C@@H](O[C@@H]3O[C@H](CO[C@@H]4O[C@H](CO)[C@H](O)[C@H](O)[C@H]4O)[C@H](O)[C@H](O[C@]4(C(=O)O)C[C@H](O)[C@@H](NC(C)=O)[C@H]([C@H](O)[C@H](O)CO)O4)[C@H]3O)[C@H](O)[C@H]2O)cc1. The van der Waals surface area contributed by atoms with Gasteiger partial charge in [-0.15, -0.1) is 0 Å². The molecule has 0 spiro atoms. The number of amides is 1. The van der Waals surface area contributed by atoms with Crippen LogP contribution in [0.4, 0.5) is 0 Å². The molecule has 62 heavy (non-hydrogen) atoms. The number of carboxylic acids is 1. The molecule has 4 saturated heterocycles. The number of rotatable bonds is 17. The van der Waals surface area contributed by atoms with Crippen molar-refractivity contribution in [2.45, 2.75) is 142 Å². The van der Waals surface area contributed by atoms with Crippen molar-refractivity contribution in [2.75, 3.05) is 33.5 Å². The number of aliphatic carboxylic acids is 1. The van der Waals surface area contributed by atoms with Gasteiger partial charge in [0, 0.05) is 13.3 Å². The van der Waals surface area contributed by atoms with Gasteiger partial charge >= 0.3 is 5.97 Å². The number of hydrogen-bond acceptors (Lipinski definition) is 24. The summed E-state index contributed by atoms with van der Waals surface area (Å²) in [6.45, 7) is -2.77. The van der Waals surface area contributed by atoms with Crippen molar-refractivity contribution in [1.82, 2.24) is 5.32 Å². The molecule has 1 aromatic rings. The maximum absolute atomic E-state index is 13.0. The highest BCUT2D eigenvalue weighted by Gasteiger charge is 2.60. The zero-order valence-electron chi connectivity index (χ0n) is 33.1. The van der Waals surface area contributed by atoms with E-state index in [1.165, 1.54) is 31.4 Å². The molecule has 0 radical (unpaired) electrons. The number of carbonyl (C=O) groups excluding carboxylic acids is 1. The molecule has 26 nitrogen and oxygen atoms in total. The Hall–Kier alpha value is -3.04. The highest BCUT2D eigenvalue weighted by Crippen LogP contribution is 2.39. The number of carboxylic acid groups (broad SMARTS) is 1. The first-order chi connectivity index (χ1) is 29.3. The van der Waals surface area contributed by atoms with Crippen molar-refractivity contribution in [3.8, 4) is 11.5 Å². The zero-order valence-corrected chi connectivity index (χ0v) is 33.1. The van der Waals surface area contributed by atoms with Crippen LogP contribution in [-0.2, 0) is 42.7 Å². The van der Waals surface area contributed by atoms with E-state index in [0.717, 1.165) is 6.92 Å². The molecule has 0 saturated carbocycles. The van der Waals surface area contributed by atoms with Crippen LogP contribution in [0.15, 0.2) is 24.3 Å². The standard InChI is InChI=1S/C36H55NO25/c1-12(41)37-20-15(42)7-36(35(52)53,61-30(20)21(44)16(43)8-38)62-31-23(46)19(11-55-32-26(49)24(47)22(45)17(9-39)57-32)59-34(28(31)51)60-29-18(10-40)58-33(27(50)25(29)48)56-14-5-3-13(54-2)4-6-14/h3-6,15-34,38-40,42-51H,7-11H2,1-2H3,(H,37,41)(H,52,53)/t15-,16+,17+,18+,19+,20+,21+,22-,23-,24-,25+,26+,27+,28+,29+,30+,31-,32+,33+,34-,36-/m0/s1. The molecule has 4 fully saturated rings. The van der Waals surface area contributed by atoms with Gasteiger partial charge in [0.15, 0.2) is 12.6 Å². The second-order valence-corrected chi connectivity index (χ2v) is 15.1. The molecule has 0 unspecified atom stereocenters. The Morgan fingerprint density at radius 1 is 0.758 bits per heavy atom. The normalized spacial score (nSPS) is 42.4. The van der Waals surface area contributed by atoms with Crippen molar-refractivity contribution in [3.05, 3.63) is 24.3 Å². The molecular formula is C36H55NO25. The quantitative estimate of drug-likeness (QED) is 0.0690. The highest BCUT2D eigenvalue weighted by molar-refractivity contribution is 5.76. The molecule has 1 amide bonds. The first kappa shape index (κ1) is 50.0. The van der Waals surface area contributed by atoms with E-state index >= 15 is 0 Å². The molecule has 15 N–H and O–H groups in total. The Labute approximate surface area is 351 Å². The summed E-state index contributed by atoms with van der Waals surface area (Å²) in [5, 5.41) is 151. The smallest absolute Gasteiger partial charge is 0.364 e. The monoisotopic (exact) mass is 901 g/mol. The van der Waals surface area contributed by atoms with E-state index in [-0.39, 0.29) is 5.75 Å². The Kier molecular flexibility index (Phi) is 17.2. The van der Waals surface area contributed by atoms with Gasteiger partial charge in [-0.05, 0) is 24.3 Å². The molecule has 5 rings (SSSR count). The largest absolute Gasteiger partial charge is 0.497 e. The minimum Gasteiger partial charge on any atom is -0.497 e. The third-order valence-electron chi connectivity index (χ3n) is 10.9. The fraction of sp³-hybridized carbons (Fsp3) is 0.778. The molecule has 21 atom stereocenters. The average molecular weight is 902 g/mol. The lowest BCUT2D eigenvalue weighted by Crippen LogP contribution is -2.71. The minimum absolute atomic E-state index is 0.145. The van der Waals surface area contributed by atoms with Crippen LogP contribution in [0.3, 0.4) is 0 Å². The Morgan fingerprint density at radius 3 is 1.94 bits per heavy atom. The number of aliphatic hydroxyl groups excluding tert-OH is 13. The Morgan fingerprint density at radius 2 is 1.35 bits per heavy atom. The number of nitrogens with one attached hydrogen (secondary N) is 1. The van der Waals surface area contributed by atoms with E-state index in [9.17, 15) is 81.1 Å². The van der Waals surface area contributed by atoms with Crippen LogP contribution in [0.25, 0.3) is 0 Å². The zero-order chi connectivity index (χ0) is 45.8. The molecule has 4 aliphatic rings. The van der Waals surface area contributed by atoms with Gasteiger partial charge < -0.3 is 119 Å². The summed E-state index contributed by atoms with van der Waals surface area (Å²) in [5.74, 6) is -5.41. The number of hydrogen-bond donors (Lipinski definition) is 15. The molecule has 0 bridgehead atoms. The predicted molar refractivity (Wildman–Crippen MR) is 194 cm³/mol. The molecule has 354 valence electrons. The molecule has 4 heterocycles. The summed E-state index contributed by atoms with van der Waals surface area (Å²) in [5.41, 5.74) is 0. The third kappa shape index (κ3) is 10.7. The van der Waals surface area contributed by atoms with E-state index in [1.54, 1.807) is 0 Å². The Balaban J connectivity index is 1.45. The lowest BCUT2D eigenvalue weighted by Gasteiger charge is -2.51. The van der Waals surface area contributed by atoms with Crippen molar-refractivity contribution in [1.29, 1.82) is 0 Å². The van der Waals surface area contributed by atoms with Gasteiger partial charge in [0.2, 0.25) is 12.2 Å². The Bertz CT molecular complexity index is 1590. The summed E-state index contributed by atoms with van der Waals surface area (Å²) >= 11 is 0. The average Bonchev–Trinajstić information content (AvgIpc) is 3.25. The number of aliphatic hydroxyl groups is 13. The lowest BCUT2D eigenvalue weighted by atomic mass is 9.88. The van der Waals surface area contributed by atoms with Crippen molar-refractivity contribution in [3.63, 3.8) is 0 Å². The predicted octanol–water partition coefficient (Wildman–Crippen LogP) is -8.30. The molecule has 4 aliphatic heterocycles. The molecule has 0 aliphatic carbocycles. The lowest BCUT2D eigenvalue weighted by molar-refractivity contribution is -0.388. The minimum atomic E-state index is -3.17. The molecule has 1 aromatic carbocycles. The maximum atomic E-state index is 13.0. The topological polar surface area (TPSA) is 412 Å². The molecule has 0 aromatic heterocycles. The fourth-order valence-electron chi connectivity index (χ4n) is 7.42. The fourth-order valence-corrected chi connectivity index (χ4v) is 7.42. The molecular weight excluding hydrogens is 846 g/mol. The van der Waals surface area contributed by atoms with Crippen LogP contribution in [0, 0.1) is 0 Å². The van der Waals surface area contributed by atoms with Crippen molar-refractivity contribution in [2.24, 2.45) is 0 Å². The number of methoxy groups -OCH3 is 1. The third-order valence-corrected chi connectivity index (χ3v) is 10.9. The van der Waals surface area contributed by atoms with Gasteiger partial charge in [0.05, 0.1) is 45.7 Å². The summed E-state index contributed by atoms with van der Waals surface area (Å²) in [7, 11) is 1.43. The van der Waals surface area contributed by atoms with Gasteiger partial charge in [-0.1, -0.05) is 0 Å². The summed E-state index contributed by atoms with van der Waals surface area (Å²) in [4.78, 5) is 25.1. The van der Waals surface area contributed by atoms with Gasteiger partial charge in [-0.3, -0.25) is 4.79 Å². The molecule has 26 heteroatoms. The van der Waals surface area contributed by atoms with E-state index in [1.807, 2.05) is 0 Å². The van der Waals surface area contributed by atoms with E-state index in [0.29, 0.717) is 5.75 Å². The van der Waals surface area contributed by atoms with Gasteiger partial charge in [0.1, 0.15) is 103 Å². The van der Waals surface area contributed by atoms with E-state index < -0.39 is 173 Å². The number of ether oxygens (including phenoxy) is 9. The first-order valence-electron chi connectivity index (χ1n) is 19.3. The van der Waals surface area contributed by atoms with Gasteiger partial charge in [0.25, 0.3) is 5.79 Å². The van der Waals surface area contributed by atoms with Crippen LogP contribution in [0.2, 0.25) is 0 Å². The van der Waals surface area contributed by atoms with Crippen molar-refractivity contribution >= 4 is 11.9 Å². The van der Waals surface area contributed by atoms with Crippen LogP contribution in [0.1, 0.15) is 13.3 Å². The number of carbonyl (C=O) groups is 2. The van der Waals surface area contributed by atoms with Crippen molar-refractivity contribution < 1.29 is 124 Å². The van der Waals surface area contributed by atoms with Crippen LogP contribution >= 0.6 is 0 Å². The number of benzene rings is 1. The van der Waals surface area contributed by atoms with Crippen LogP contribution in [0.5, 0.6) is 11.5 Å². The first-order valence-corrected chi connectivity index (χ1v) is 19.3. The highest BCUT2D eigenvalue weighted by atomic mass is 16.8.